The standard InChI is InChI=1S/C15H22F2N2O2/c1-12(13-5-3-2-4-6-13)9-18-15(21)11-19(7-8-20)10-14(16)17/h2-6,12,14,20H,7-11H2,1H3,(H,18,21). The number of carbonyl (C=O) groups is 1. The molecule has 1 aromatic rings. The van der Waals surface area contributed by atoms with E-state index in [4.69, 9.17) is 5.11 Å². The highest BCUT2D eigenvalue weighted by molar-refractivity contribution is 5.78. The van der Waals surface area contributed by atoms with Gasteiger partial charge in [0, 0.05) is 13.1 Å². The van der Waals surface area contributed by atoms with Crippen LogP contribution in [0.15, 0.2) is 30.3 Å². The van der Waals surface area contributed by atoms with Crippen LogP contribution in [0.2, 0.25) is 0 Å². The number of amides is 1. The van der Waals surface area contributed by atoms with Crippen LogP contribution < -0.4 is 5.32 Å². The van der Waals surface area contributed by atoms with Gasteiger partial charge in [0.05, 0.1) is 19.7 Å². The van der Waals surface area contributed by atoms with Gasteiger partial charge in [0.25, 0.3) is 6.43 Å². The van der Waals surface area contributed by atoms with Crippen molar-refractivity contribution in [2.45, 2.75) is 19.3 Å². The molecule has 0 fully saturated rings. The van der Waals surface area contributed by atoms with Crippen molar-refractivity contribution in [3.05, 3.63) is 35.9 Å². The highest BCUT2D eigenvalue weighted by atomic mass is 19.3. The molecule has 0 saturated carbocycles. The molecule has 0 saturated heterocycles. The lowest BCUT2D eigenvalue weighted by molar-refractivity contribution is -0.122. The quantitative estimate of drug-likeness (QED) is 0.726. The first-order valence-corrected chi connectivity index (χ1v) is 6.96. The van der Waals surface area contributed by atoms with Gasteiger partial charge in [-0.15, -0.1) is 0 Å². The van der Waals surface area contributed by atoms with E-state index in [9.17, 15) is 13.6 Å². The van der Waals surface area contributed by atoms with Crippen LogP contribution >= 0.6 is 0 Å². The van der Waals surface area contributed by atoms with Gasteiger partial charge in [-0.1, -0.05) is 37.3 Å². The van der Waals surface area contributed by atoms with E-state index < -0.39 is 13.0 Å². The molecule has 6 heteroatoms. The van der Waals surface area contributed by atoms with Crippen molar-refractivity contribution in [1.29, 1.82) is 0 Å². The maximum Gasteiger partial charge on any atom is 0.251 e. The Morgan fingerprint density at radius 3 is 2.57 bits per heavy atom. The summed E-state index contributed by atoms with van der Waals surface area (Å²) in [4.78, 5) is 13.0. The van der Waals surface area contributed by atoms with E-state index in [1.54, 1.807) is 0 Å². The molecule has 4 nitrogen and oxygen atoms in total. The van der Waals surface area contributed by atoms with Crippen molar-refractivity contribution in [2.75, 3.05) is 32.8 Å². The first-order chi connectivity index (χ1) is 10.0. The van der Waals surface area contributed by atoms with Gasteiger partial charge in [-0.05, 0) is 11.5 Å². The number of alkyl halides is 2. The van der Waals surface area contributed by atoms with Crippen molar-refractivity contribution in [3.63, 3.8) is 0 Å². The lowest BCUT2D eigenvalue weighted by atomic mass is 10.0. The molecule has 1 aromatic carbocycles. The van der Waals surface area contributed by atoms with Crippen LogP contribution in [0, 0.1) is 0 Å². The predicted octanol–water partition coefficient (Wildman–Crippen LogP) is 1.47. The number of carbonyl (C=O) groups excluding carboxylic acids is 1. The largest absolute Gasteiger partial charge is 0.395 e. The molecule has 0 aliphatic heterocycles. The Morgan fingerprint density at radius 1 is 1.33 bits per heavy atom. The van der Waals surface area contributed by atoms with E-state index >= 15 is 0 Å². The maximum atomic E-state index is 12.3. The van der Waals surface area contributed by atoms with Gasteiger partial charge in [0.2, 0.25) is 5.91 Å². The number of aliphatic hydroxyl groups is 1. The summed E-state index contributed by atoms with van der Waals surface area (Å²) in [6.07, 6.45) is -2.52. The van der Waals surface area contributed by atoms with E-state index in [-0.39, 0.29) is 31.5 Å². The van der Waals surface area contributed by atoms with Gasteiger partial charge in [-0.3, -0.25) is 9.69 Å². The van der Waals surface area contributed by atoms with Gasteiger partial charge < -0.3 is 10.4 Å². The van der Waals surface area contributed by atoms with Crippen LogP contribution in [-0.2, 0) is 4.79 Å². The fourth-order valence-corrected chi connectivity index (χ4v) is 2.00. The molecule has 0 aliphatic rings. The molecule has 118 valence electrons. The zero-order valence-electron chi connectivity index (χ0n) is 12.1. The Labute approximate surface area is 123 Å². The molecule has 21 heavy (non-hydrogen) atoms. The van der Waals surface area contributed by atoms with Crippen LogP contribution in [0.25, 0.3) is 0 Å². The van der Waals surface area contributed by atoms with E-state index in [0.717, 1.165) is 5.56 Å². The summed E-state index contributed by atoms with van der Waals surface area (Å²) in [5, 5.41) is 11.5. The molecule has 1 unspecified atom stereocenters. The summed E-state index contributed by atoms with van der Waals surface area (Å²) in [5.41, 5.74) is 1.11. The zero-order valence-corrected chi connectivity index (χ0v) is 12.1. The van der Waals surface area contributed by atoms with Gasteiger partial charge in [0.1, 0.15) is 0 Å². The number of hydrogen-bond donors (Lipinski definition) is 2. The predicted molar refractivity (Wildman–Crippen MR) is 77.4 cm³/mol. The first kappa shape index (κ1) is 17.5. The maximum absolute atomic E-state index is 12.3. The van der Waals surface area contributed by atoms with Crippen molar-refractivity contribution in [3.8, 4) is 0 Å². The molecule has 0 radical (unpaired) electrons. The zero-order chi connectivity index (χ0) is 15.7. The molecular formula is C15H22F2N2O2. The molecule has 0 aromatic heterocycles. The Balaban J connectivity index is 2.38. The van der Waals surface area contributed by atoms with Crippen molar-refractivity contribution in [1.82, 2.24) is 10.2 Å². The Morgan fingerprint density at radius 2 is 2.00 bits per heavy atom. The Kier molecular flexibility index (Phi) is 7.85. The Hall–Kier alpha value is -1.53. The van der Waals surface area contributed by atoms with Crippen molar-refractivity contribution >= 4 is 5.91 Å². The minimum atomic E-state index is -2.52. The smallest absolute Gasteiger partial charge is 0.251 e. The Bertz CT molecular complexity index is 415. The summed E-state index contributed by atoms with van der Waals surface area (Å²) >= 11 is 0. The van der Waals surface area contributed by atoms with E-state index in [1.807, 2.05) is 37.3 Å². The van der Waals surface area contributed by atoms with Crippen molar-refractivity contribution < 1.29 is 18.7 Å². The number of benzene rings is 1. The number of nitrogens with zero attached hydrogens (tertiary/aromatic N) is 1. The summed E-state index contributed by atoms with van der Waals surface area (Å²) < 4.78 is 24.7. The minimum Gasteiger partial charge on any atom is -0.395 e. The molecule has 0 bridgehead atoms. The average Bonchev–Trinajstić information content (AvgIpc) is 2.45. The number of halogens is 2. The van der Waals surface area contributed by atoms with Crippen LogP contribution in [0.1, 0.15) is 18.4 Å². The average molecular weight is 300 g/mol. The third kappa shape index (κ3) is 7.15. The van der Waals surface area contributed by atoms with Crippen LogP contribution in [-0.4, -0.2) is 55.1 Å². The summed E-state index contributed by atoms with van der Waals surface area (Å²) in [7, 11) is 0. The second-order valence-corrected chi connectivity index (χ2v) is 4.97. The highest BCUT2D eigenvalue weighted by Crippen LogP contribution is 2.12. The van der Waals surface area contributed by atoms with E-state index in [0.29, 0.717) is 6.54 Å². The summed E-state index contributed by atoms with van der Waals surface area (Å²) in [6, 6.07) is 9.74. The molecule has 1 rings (SSSR count). The lowest BCUT2D eigenvalue weighted by Gasteiger charge is -2.21. The molecule has 0 heterocycles. The minimum absolute atomic E-state index is 0.0615. The van der Waals surface area contributed by atoms with Gasteiger partial charge in [-0.2, -0.15) is 0 Å². The topological polar surface area (TPSA) is 52.6 Å². The highest BCUT2D eigenvalue weighted by Gasteiger charge is 2.15. The van der Waals surface area contributed by atoms with Crippen molar-refractivity contribution in [2.24, 2.45) is 0 Å². The molecular weight excluding hydrogens is 278 g/mol. The number of aliphatic hydroxyl groups excluding tert-OH is 1. The molecule has 0 aliphatic carbocycles. The molecule has 0 spiro atoms. The second-order valence-electron chi connectivity index (χ2n) is 4.97. The second kappa shape index (κ2) is 9.41. The number of hydrogen-bond acceptors (Lipinski definition) is 3. The SMILES string of the molecule is CC(CNC(=O)CN(CCO)CC(F)F)c1ccccc1. The fraction of sp³-hybridized carbons (Fsp3) is 0.533. The van der Waals surface area contributed by atoms with E-state index in [2.05, 4.69) is 5.32 Å². The first-order valence-electron chi connectivity index (χ1n) is 6.96. The van der Waals surface area contributed by atoms with Gasteiger partial charge in [0.15, 0.2) is 0 Å². The molecule has 2 N–H and O–H groups in total. The fourth-order valence-electron chi connectivity index (χ4n) is 2.00. The normalized spacial score (nSPS) is 12.7. The lowest BCUT2D eigenvalue weighted by Crippen LogP contribution is -2.41. The summed E-state index contributed by atoms with van der Waals surface area (Å²) in [5.74, 6) is -0.163. The third-order valence-electron chi connectivity index (χ3n) is 3.15. The number of nitrogens with one attached hydrogen (secondary N) is 1. The molecule has 1 atom stereocenters. The monoisotopic (exact) mass is 300 g/mol. The van der Waals surface area contributed by atoms with Gasteiger partial charge in [-0.25, -0.2) is 8.78 Å². The van der Waals surface area contributed by atoms with Crippen LogP contribution in [0.5, 0.6) is 0 Å². The third-order valence-corrected chi connectivity index (χ3v) is 3.15. The van der Waals surface area contributed by atoms with E-state index in [1.165, 1.54) is 4.90 Å². The number of rotatable bonds is 9. The van der Waals surface area contributed by atoms with Crippen LogP contribution in [0.4, 0.5) is 8.78 Å². The van der Waals surface area contributed by atoms with Crippen LogP contribution in [0.3, 0.4) is 0 Å². The summed E-state index contributed by atoms with van der Waals surface area (Å²) in [6.45, 7) is 1.60. The van der Waals surface area contributed by atoms with Gasteiger partial charge >= 0.3 is 0 Å². The molecule has 1 amide bonds.